The Morgan fingerprint density at radius 1 is 0.310 bits per heavy atom. The zero-order valence-corrected chi connectivity index (χ0v) is 38.7. The van der Waals surface area contributed by atoms with Crippen molar-refractivity contribution in [2.24, 2.45) is 0 Å². The van der Waals surface area contributed by atoms with Crippen LogP contribution in [0.15, 0.2) is 261 Å². The SMILES string of the molecule is c1ccc(C2(c3ccccc3)c3ccccc3-c3c2ccc2c(-c4cccc(-c5cc(-n6c7ccccc7c7ccccc76)cc(-n6c7ccccc7c7ccccc76)c5)c4)nc4ccccc4c32)cc1. The highest BCUT2D eigenvalue weighted by molar-refractivity contribution is 6.20. The molecule has 3 aromatic heterocycles. The van der Waals surface area contributed by atoms with Gasteiger partial charge in [-0.05, 0) is 99.1 Å². The van der Waals surface area contributed by atoms with Crippen LogP contribution < -0.4 is 0 Å². The van der Waals surface area contributed by atoms with Crippen molar-refractivity contribution in [1.82, 2.24) is 14.1 Å². The molecular formula is C68H43N3. The summed E-state index contributed by atoms with van der Waals surface area (Å²) in [5, 5.41) is 8.47. The third-order valence-corrected chi connectivity index (χ3v) is 15.3. The van der Waals surface area contributed by atoms with Crippen molar-refractivity contribution < 1.29 is 0 Å². The average Bonchev–Trinajstić information content (AvgIpc) is 4.08. The van der Waals surface area contributed by atoms with Crippen LogP contribution >= 0.6 is 0 Å². The fourth-order valence-electron chi connectivity index (χ4n) is 12.5. The third kappa shape index (κ3) is 5.69. The van der Waals surface area contributed by atoms with Gasteiger partial charge in [0.2, 0.25) is 0 Å². The molecule has 14 aromatic rings. The second kappa shape index (κ2) is 15.3. The van der Waals surface area contributed by atoms with Gasteiger partial charge >= 0.3 is 0 Å². The lowest BCUT2D eigenvalue weighted by atomic mass is 9.67. The van der Waals surface area contributed by atoms with E-state index < -0.39 is 5.41 Å². The summed E-state index contributed by atoms with van der Waals surface area (Å²) in [4.78, 5) is 5.59. The van der Waals surface area contributed by atoms with Crippen molar-refractivity contribution in [2.45, 2.75) is 5.41 Å². The summed E-state index contributed by atoms with van der Waals surface area (Å²) in [7, 11) is 0. The van der Waals surface area contributed by atoms with Gasteiger partial charge in [0.25, 0.3) is 0 Å². The Kier molecular flexibility index (Phi) is 8.57. The topological polar surface area (TPSA) is 22.8 Å². The van der Waals surface area contributed by atoms with Crippen LogP contribution in [-0.4, -0.2) is 14.1 Å². The van der Waals surface area contributed by atoms with E-state index in [1.165, 1.54) is 82.4 Å². The molecule has 0 amide bonds. The Labute approximate surface area is 410 Å². The van der Waals surface area contributed by atoms with Crippen LogP contribution in [0.4, 0.5) is 0 Å². The van der Waals surface area contributed by atoms with E-state index in [2.05, 4.69) is 270 Å². The summed E-state index contributed by atoms with van der Waals surface area (Å²) in [6.45, 7) is 0. The number of hydrogen-bond acceptors (Lipinski definition) is 1. The first-order chi connectivity index (χ1) is 35.2. The first-order valence-corrected chi connectivity index (χ1v) is 24.5. The van der Waals surface area contributed by atoms with Crippen LogP contribution in [0.1, 0.15) is 22.3 Å². The molecule has 1 aliphatic rings. The van der Waals surface area contributed by atoms with Crippen LogP contribution in [0, 0.1) is 0 Å². The van der Waals surface area contributed by atoms with E-state index >= 15 is 0 Å². The zero-order chi connectivity index (χ0) is 46.6. The van der Waals surface area contributed by atoms with Gasteiger partial charge in [-0.25, -0.2) is 4.98 Å². The van der Waals surface area contributed by atoms with Crippen LogP contribution in [0.5, 0.6) is 0 Å². The van der Waals surface area contributed by atoms with Crippen molar-refractivity contribution in [1.29, 1.82) is 0 Å². The number of benzene rings is 11. The minimum atomic E-state index is -0.511. The Morgan fingerprint density at radius 2 is 0.789 bits per heavy atom. The Morgan fingerprint density at radius 3 is 1.37 bits per heavy atom. The highest BCUT2D eigenvalue weighted by Gasteiger charge is 2.47. The monoisotopic (exact) mass is 901 g/mol. The molecule has 0 N–H and O–H groups in total. The van der Waals surface area contributed by atoms with Crippen LogP contribution in [0.3, 0.4) is 0 Å². The van der Waals surface area contributed by atoms with Gasteiger partial charge in [-0.3, -0.25) is 0 Å². The number of rotatable bonds is 6. The summed E-state index contributed by atoms with van der Waals surface area (Å²) in [5.41, 5.74) is 19.3. The van der Waals surface area contributed by atoms with Gasteiger partial charge in [0.15, 0.2) is 0 Å². The van der Waals surface area contributed by atoms with Gasteiger partial charge in [-0.1, -0.05) is 206 Å². The molecule has 71 heavy (non-hydrogen) atoms. The molecular weight excluding hydrogens is 859 g/mol. The molecule has 0 atom stereocenters. The summed E-state index contributed by atoms with van der Waals surface area (Å²) in [6, 6.07) is 96.0. The first-order valence-electron chi connectivity index (χ1n) is 24.5. The Hall–Kier alpha value is -9.31. The zero-order valence-electron chi connectivity index (χ0n) is 38.7. The number of para-hydroxylation sites is 5. The van der Waals surface area contributed by atoms with Gasteiger partial charge in [0.05, 0.1) is 38.7 Å². The Bertz CT molecular complexity index is 4180. The van der Waals surface area contributed by atoms with E-state index in [1.54, 1.807) is 0 Å². The maximum atomic E-state index is 5.59. The van der Waals surface area contributed by atoms with E-state index in [0.717, 1.165) is 50.0 Å². The summed E-state index contributed by atoms with van der Waals surface area (Å²) < 4.78 is 4.88. The second-order valence-electron chi connectivity index (χ2n) is 19.0. The van der Waals surface area contributed by atoms with Crippen molar-refractivity contribution in [3.05, 3.63) is 283 Å². The van der Waals surface area contributed by atoms with Crippen molar-refractivity contribution >= 4 is 65.3 Å². The number of nitrogens with zero attached hydrogens (tertiary/aromatic N) is 3. The molecule has 0 unspecified atom stereocenters. The molecule has 1 aliphatic carbocycles. The highest BCUT2D eigenvalue weighted by atomic mass is 15.0. The fourth-order valence-corrected chi connectivity index (χ4v) is 12.5. The lowest BCUT2D eigenvalue weighted by Gasteiger charge is -2.34. The minimum absolute atomic E-state index is 0.511. The van der Waals surface area contributed by atoms with Gasteiger partial charge in [0.1, 0.15) is 0 Å². The largest absolute Gasteiger partial charge is 0.309 e. The second-order valence-corrected chi connectivity index (χ2v) is 19.0. The molecule has 0 saturated carbocycles. The van der Waals surface area contributed by atoms with Crippen molar-refractivity contribution in [3.8, 4) is 44.9 Å². The number of pyridine rings is 1. The maximum absolute atomic E-state index is 5.59. The standard InChI is InChI=1S/C68H43N3/c1-3-22-47(23-4-1)68(48-24-5-2-6-25-48)58-32-13-7-30-55(58)66-59(68)39-38-57-65(66)56-31-8-14-33-60(56)69-67(57)45-21-19-20-44(40-45)46-41-49(70-61-34-15-9-26-51(61)52-27-10-16-35-62(52)70)43-50(42-46)71-63-36-17-11-28-53(63)54-29-12-18-37-64(54)71/h1-43H. The first kappa shape index (κ1) is 39.7. The molecule has 15 rings (SSSR count). The van der Waals surface area contributed by atoms with E-state index in [9.17, 15) is 0 Å². The van der Waals surface area contributed by atoms with Crippen molar-refractivity contribution in [2.75, 3.05) is 0 Å². The quantitative estimate of drug-likeness (QED) is 0.152. The third-order valence-electron chi connectivity index (χ3n) is 15.3. The number of fused-ring (bicyclic) bond motifs is 13. The lowest BCUT2D eigenvalue weighted by molar-refractivity contribution is 0.769. The van der Waals surface area contributed by atoms with Gasteiger partial charge in [-0.15, -0.1) is 0 Å². The molecule has 0 bridgehead atoms. The maximum Gasteiger partial charge on any atom is 0.0788 e. The van der Waals surface area contributed by atoms with Gasteiger partial charge < -0.3 is 9.13 Å². The summed E-state index contributed by atoms with van der Waals surface area (Å²) in [5.74, 6) is 0. The predicted molar refractivity (Wildman–Crippen MR) is 296 cm³/mol. The molecule has 0 radical (unpaired) electrons. The van der Waals surface area contributed by atoms with E-state index in [-0.39, 0.29) is 0 Å². The van der Waals surface area contributed by atoms with Crippen molar-refractivity contribution in [3.63, 3.8) is 0 Å². The number of aromatic nitrogens is 3. The molecule has 0 saturated heterocycles. The van der Waals surface area contributed by atoms with Crippen LogP contribution in [0.25, 0.3) is 110 Å². The molecule has 11 aromatic carbocycles. The van der Waals surface area contributed by atoms with Crippen LogP contribution in [0.2, 0.25) is 0 Å². The molecule has 0 fully saturated rings. The summed E-state index contributed by atoms with van der Waals surface area (Å²) >= 11 is 0. The smallest absolute Gasteiger partial charge is 0.0788 e. The van der Waals surface area contributed by atoms with Gasteiger partial charge in [-0.2, -0.15) is 0 Å². The highest BCUT2D eigenvalue weighted by Crippen LogP contribution is 2.59. The molecule has 3 heteroatoms. The van der Waals surface area contributed by atoms with E-state index in [0.29, 0.717) is 0 Å². The van der Waals surface area contributed by atoms with Crippen LogP contribution in [-0.2, 0) is 5.41 Å². The van der Waals surface area contributed by atoms with E-state index in [1.807, 2.05) is 0 Å². The molecule has 3 heterocycles. The average molecular weight is 902 g/mol. The van der Waals surface area contributed by atoms with Gasteiger partial charge in [0, 0.05) is 54.6 Å². The fraction of sp³-hybridized carbons (Fsp3) is 0.0147. The summed E-state index contributed by atoms with van der Waals surface area (Å²) in [6.07, 6.45) is 0. The number of hydrogen-bond donors (Lipinski definition) is 0. The normalized spacial score (nSPS) is 12.9. The minimum Gasteiger partial charge on any atom is -0.309 e. The van der Waals surface area contributed by atoms with E-state index in [4.69, 9.17) is 4.98 Å². The Balaban J connectivity index is 0.992. The lowest BCUT2D eigenvalue weighted by Crippen LogP contribution is -2.28. The molecule has 3 nitrogen and oxygen atoms in total. The molecule has 0 aliphatic heterocycles. The molecule has 0 spiro atoms. The predicted octanol–water partition coefficient (Wildman–Crippen LogP) is 17.3. The molecule has 330 valence electrons.